The lowest BCUT2D eigenvalue weighted by molar-refractivity contribution is -0.122. The number of carbonyl (C=O) groups excluding carboxylic acids is 2. The number of carbonyl (C=O) groups is 2. The number of hydrogen-bond donors (Lipinski definition) is 2. The van der Waals surface area contributed by atoms with Gasteiger partial charge in [-0.2, -0.15) is 0 Å². The van der Waals surface area contributed by atoms with Crippen molar-refractivity contribution in [1.82, 2.24) is 10.2 Å². The second-order valence-electron chi connectivity index (χ2n) is 7.21. The lowest BCUT2D eigenvalue weighted by Crippen LogP contribution is -2.43. The summed E-state index contributed by atoms with van der Waals surface area (Å²) in [6, 6.07) is 17.6. The molecule has 6 nitrogen and oxygen atoms in total. The average Bonchev–Trinajstić information content (AvgIpc) is 3.21. The largest absolute Gasteiger partial charge is 0.489 e. The molecule has 1 unspecified atom stereocenters. The minimum atomic E-state index is -0.281. The summed E-state index contributed by atoms with van der Waals surface area (Å²) in [6.45, 7) is 2.53. The van der Waals surface area contributed by atoms with Gasteiger partial charge < -0.3 is 15.8 Å². The highest BCUT2D eigenvalue weighted by atomic mass is 16.5. The quantitative estimate of drug-likeness (QED) is 0.646. The van der Waals surface area contributed by atoms with Crippen molar-refractivity contribution in [3.63, 3.8) is 0 Å². The van der Waals surface area contributed by atoms with E-state index in [1.165, 1.54) is 0 Å². The van der Waals surface area contributed by atoms with Crippen LogP contribution in [0.5, 0.6) is 5.75 Å². The van der Waals surface area contributed by atoms with E-state index in [-0.39, 0.29) is 17.9 Å². The summed E-state index contributed by atoms with van der Waals surface area (Å²) < 4.78 is 5.77. The molecule has 0 bridgehead atoms. The maximum Gasteiger partial charge on any atom is 0.234 e. The summed E-state index contributed by atoms with van der Waals surface area (Å²) in [6.07, 6.45) is 3.97. The van der Waals surface area contributed by atoms with Crippen LogP contribution >= 0.6 is 0 Å². The maximum absolute atomic E-state index is 12.0. The zero-order valence-electron chi connectivity index (χ0n) is 16.5. The van der Waals surface area contributed by atoms with Crippen molar-refractivity contribution in [2.45, 2.75) is 31.9 Å². The smallest absolute Gasteiger partial charge is 0.234 e. The molecule has 1 fully saturated rings. The fourth-order valence-corrected chi connectivity index (χ4v) is 3.48. The van der Waals surface area contributed by atoms with Crippen molar-refractivity contribution >= 4 is 11.8 Å². The molecular formula is C23H28N3O3. The first-order valence-electron chi connectivity index (χ1n) is 10.0. The van der Waals surface area contributed by atoms with Gasteiger partial charge in [0.2, 0.25) is 11.8 Å². The standard InChI is InChI=1S/C23H28N3O3/c24-23(28)21-7-4-15-26(21)16-14-25-22(27)13-10-18-8-11-20(12-9-18)29-17-19-5-2-1-3-6-19/h1-3,5-6,8-9,11-13,21H,4,7,10,14-17H2,(H2,24,28)(H,25,27). The Kier molecular flexibility index (Phi) is 7.64. The van der Waals surface area contributed by atoms with E-state index >= 15 is 0 Å². The molecule has 153 valence electrons. The van der Waals surface area contributed by atoms with Crippen LogP contribution in [0.4, 0.5) is 0 Å². The number of ether oxygens (including phenoxy) is 1. The summed E-state index contributed by atoms with van der Waals surface area (Å²) in [7, 11) is 0. The number of hydrogen-bond acceptors (Lipinski definition) is 4. The van der Waals surface area contributed by atoms with Crippen LogP contribution in [0.15, 0.2) is 54.6 Å². The summed E-state index contributed by atoms with van der Waals surface area (Å²) >= 11 is 0. The molecule has 0 spiro atoms. The van der Waals surface area contributed by atoms with Crippen LogP contribution in [-0.4, -0.2) is 42.4 Å². The van der Waals surface area contributed by atoms with Crippen molar-refractivity contribution < 1.29 is 14.3 Å². The van der Waals surface area contributed by atoms with E-state index in [0.717, 1.165) is 36.3 Å². The summed E-state index contributed by atoms with van der Waals surface area (Å²) in [5.41, 5.74) is 7.57. The molecular weight excluding hydrogens is 366 g/mol. The van der Waals surface area contributed by atoms with Gasteiger partial charge in [-0.25, -0.2) is 0 Å². The Hall–Kier alpha value is -2.86. The van der Waals surface area contributed by atoms with E-state index in [9.17, 15) is 9.59 Å². The van der Waals surface area contributed by atoms with Crippen molar-refractivity contribution in [3.8, 4) is 5.75 Å². The van der Waals surface area contributed by atoms with Gasteiger partial charge in [-0.1, -0.05) is 42.5 Å². The van der Waals surface area contributed by atoms with Gasteiger partial charge in [0.05, 0.1) is 12.5 Å². The van der Waals surface area contributed by atoms with Crippen LogP contribution in [0.1, 0.15) is 24.0 Å². The monoisotopic (exact) mass is 394 g/mol. The number of primary amides is 1. The average molecular weight is 394 g/mol. The predicted octanol–water partition coefficient (Wildman–Crippen LogP) is 2.08. The third-order valence-corrected chi connectivity index (χ3v) is 5.09. The summed E-state index contributed by atoms with van der Waals surface area (Å²) in [4.78, 5) is 25.5. The third kappa shape index (κ3) is 6.61. The Morgan fingerprint density at radius 2 is 1.86 bits per heavy atom. The zero-order valence-corrected chi connectivity index (χ0v) is 16.5. The normalized spacial score (nSPS) is 16.5. The summed E-state index contributed by atoms with van der Waals surface area (Å²) in [5, 5.41) is 2.88. The van der Waals surface area contributed by atoms with E-state index in [2.05, 4.69) is 5.32 Å². The molecule has 2 amide bonds. The van der Waals surface area contributed by atoms with Gasteiger partial charge in [0.25, 0.3) is 0 Å². The Balaban J connectivity index is 1.34. The molecule has 1 radical (unpaired) electrons. The SMILES string of the molecule is NC(=O)C1CCCN1CCNC(=O)[CH]Cc1ccc(OCc2ccccc2)cc1. The Bertz CT molecular complexity index is 793. The third-order valence-electron chi connectivity index (χ3n) is 5.09. The fourth-order valence-electron chi connectivity index (χ4n) is 3.48. The van der Waals surface area contributed by atoms with Gasteiger partial charge in [-0.15, -0.1) is 0 Å². The number of nitrogens with zero attached hydrogens (tertiary/aromatic N) is 1. The molecule has 1 saturated heterocycles. The molecule has 1 atom stereocenters. The second-order valence-corrected chi connectivity index (χ2v) is 7.21. The molecule has 1 heterocycles. The van der Waals surface area contributed by atoms with Gasteiger partial charge in [-0.05, 0) is 49.1 Å². The molecule has 1 aliphatic heterocycles. The van der Waals surface area contributed by atoms with Crippen molar-refractivity contribution in [1.29, 1.82) is 0 Å². The fraction of sp³-hybridized carbons (Fsp3) is 0.348. The van der Waals surface area contributed by atoms with Crippen LogP contribution in [0.3, 0.4) is 0 Å². The highest BCUT2D eigenvalue weighted by molar-refractivity contribution is 5.85. The van der Waals surface area contributed by atoms with Gasteiger partial charge >= 0.3 is 0 Å². The maximum atomic E-state index is 12.0. The minimum Gasteiger partial charge on any atom is -0.489 e. The minimum absolute atomic E-state index is 0.107. The second kappa shape index (κ2) is 10.6. The number of amides is 2. The number of nitrogens with one attached hydrogen (secondary N) is 1. The van der Waals surface area contributed by atoms with E-state index in [1.807, 2.05) is 59.5 Å². The first-order valence-corrected chi connectivity index (χ1v) is 10.0. The molecule has 2 aromatic carbocycles. The Morgan fingerprint density at radius 1 is 1.10 bits per heavy atom. The van der Waals surface area contributed by atoms with E-state index in [4.69, 9.17) is 10.5 Å². The highest BCUT2D eigenvalue weighted by Crippen LogP contribution is 2.16. The van der Waals surface area contributed by atoms with Crippen LogP contribution in [-0.2, 0) is 22.6 Å². The topological polar surface area (TPSA) is 84.7 Å². The van der Waals surface area contributed by atoms with Gasteiger partial charge in [0.15, 0.2) is 0 Å². The number of benzene rings is 2. The van der Waals surface area contributed by atoms with Crippen LogP contribution in [0.25, 0.3) is 0 Å². The van der Waals surface area contributed by atoms with Crippen LogP contribution in [0, 0.1) is 6.42 Å². The van der Waals surface area contributed by atoms with Crippen molar-refractivity contribution in [2.75, 3.05) is 19.6 Å². The Morgan fingerprint density at radius 3 is 2.59 bits per heavy atom. The van der Waals surface area contributed by atoms with Gasteiger partial charge in [0, 0.05) is 13.1 Å². The van der Waals surface area contributed by atoms with E-state index in [0.29, 0.717) is 26.1 Å². The molecule has 3 N–H and O–H groups in total. The first kappa shape index (κ1) is 20.9. The molecule has 2 aromatic rings. The van der Waals surface area contributed by atoms with Crippen LogP contribution in [0.2, 0.25) is 0 Å². The number of likely N-dealkylation sites (tertiary alicyclic amines) is 1. The molecule has 0 aromatic heterocycles. The summed E-state index contributed by atoms with van der Waals surface area (Å²) in [5.74, 6) is 0.414. The number of rotatable bonds is 10. The van der Waals surface area contributed by atoms with E-state index in [1.54, 1.807) is 6.42 Å². The molecule has 0 saturated carbocycles. The lowest BCUT2D eigenvalue weighted by Gasteiger charge is -2.21. The van der Waals surface area contributed by atoms with Gasteiger partial charge in [0.1, 0.15) is 12.4 Å². The first-order chi connectivity index (χ1) is 14.1. The predicted molar refractivity (Wildman–Crippen MR) is 112 cm³/mol. The molecule has 0 aliphatic carbocycles. The van der Waals surface area contributed by atoms with Crippen molar-refractivity contribution in [3.05, 3.63) is 72.1 Å². The zero-order chi connectivity index (χ0) is 20.5. The van der Waals surface area contributed by atoms with Crippen molar-refractivity contribution in [2.24, 2.45) is 5.73 Å². The van der Waals surface area contributed by atoms with E-state index < -0.39 is 0 Å². The van der Waals surface area contributed by atoms with Crippen LogP contribution < -0.4 is 15.8 Å². The number of nitrogens with two attached hydrogens (primary N) is 1. The highest BCUT2D eigenvalue weighted by Gasteiger charge is 2.28. The molecule has 1 aliphatic rings. The Labute approximate surface area is 172 Å². The van der Waals surface area contributed by atoms with Gasteiger partial charge in [-0.3, -0.25) is 14.5 Å². The molecule has 6 heteroatoms. The molecule has 3 rings (SSSR count). The molecule has 29 heavy (non-hydrogen) atoms. The lowest BCUT2D eigenvalue weighted by atomic mass is 10.1.